The third-order valence-electron chi connectivity index (χ3n) is 2.91. The van der Waals surface area contributed by atoms with Crippen molar-refractivity contribution in [1.82, 2.24) is 15.1 Å². The predicted molar refractivity (Wildman–Crippen MR) is 80.9 cm³/mol. The molecule has 0 amide bonds. The number of benzene rings is 1. The van der Waals surface area contributed by atoms with E-state index in [0.29, 0.717) is 5.92 Å². The average Bonchev–Trinajstić information content (AvgIpc) is 2.97. The van der Waals surface area contributed by atoms with Crippen LogP contribution in [0.5, 0.6) is 0 Å². The minimum absolute atomic E-state index is 0.602. The molecule has 0 aliphatic heterocycles. The second-order valence-electron chi connectivity index (χ2n) is 5.26. The van der Waals surface area contributed by atoms with Gasteiger partial charge in [-0.15, -0.1) is 0 Å². The Hall–Kier alpha value is -1.65. The van der Waals surface area contributed by atoms with Gasteiger partial charge < -0.3 is 10.1 Å². The molecule has 1 heterocycles. The Kier molecular flexibility index (Phi) is 5.77. The van der Waals surface area contributed by atoms with Gasteiger partial charge in [-0.1, -0.05) is 26.0 Å². The Balaban J connectivity index is 1.69. The van der Waals surface area contributed by atoms with Crippen molar-refractivity contribution in [3.05, 3.63) is 48.3 Å². The summed E-state index contributed by atoms with van der Waals surface area (Å²) in [5.41, 5.74) is 2.35. The van der Waals surface area contributed by atoms with E-state index in [0.717, 1.165) is 32.0 Å². The molecule has 0 spiro atoms. The highest BCUT2D eigenvalue weighted by molar-refractivity contribution is 5.33. The molecular weight excluding hydrogens is 250 g/mol. The molecule has 0 bridgehead atoms. The maximum Gasteiger partial charge on any atom is 0.0645 e. The molecule has 0 fully saturated rings. The van der Waals surface area contributed by atoms with Crippen LogP contribution in [-0.4, -0.2) is 29.5 Å². The normalized spacial score (nSPS) is 11.2. The fraction of sp³-hybridized carbons (Fsp3) is 0.438. The molecule has 1 N–H and O–H groups in total. The summed E-state index contributed by atoms with van der Waals surface area (Å²) in [6.07, 6.45) is 3.73. The van der Waals surface area contributed by atoms with Crippen molar-refractivity contribution in [3.8, 4) is 5.69 Å². The summed E-state index contributed by atoms with van der Waals surface area (Å²) in [5, 5.41) is 7.59. The smallest absolute Gasteiger partial charge is 0.0645 e. The number of hydrogen-bond acceptors (Lipinski definition) is 3. The highest BCUT2D eigenvalue weighted by Gasteiger charge is 1.97. The minimum Gasteiger partial charge on any atom is -0.380 e. The first-order valence-corrected chi connectivity index (χ1v) is 7.13. The van der Waals surface area contributed by atoms with Gasteiger partial charge in [0.25, 0.3) is 0 Å². The zero-order valence-electron chi connectivity index (χ0n) is 12.2. The number of nitrogens with one attached hydrogen (secondary N) is 1. The Labute approximate surface area is 120 Å². The summed E-state index contributed by atoms with van der Waals surface area (Å²) in [5.74, 6) is 0.602. The van der Waals surface area contributed by atoms with Gasteiger partial charge in [0.05, 0.1) is 12.3 Å². The number of nitrogens with zero attached hydrogens (tertiary/aromatic N) is 2. The van der Waals surface area contributed by atoms with Gasteiger partial charge in [0, 0.05) is 32.1 Å². The van der Waals surface area contributed by atoms with E-state index < -0.39 is 0 Å². The number of hydrogen-bond donors (Lipinski definition) is 1. The first kappa shape index (κ1) is 14.8. The van der Waals surface area contributed by atoms with Gasteiger partial charge >= 0.3 is 0 Å². The number of rotatable bonds is 8. The molecule has 1 aromatic heterocycles. The van der Waals surface area contributed by atoms with Gasteiger partial charge in [0.2, 0.25) is 0 Å². The molecule has 0 aliphatic rings. The van der Waals surface area contributed by atoms with Crippen LogP contribution >= 0.6 is 0 Å². The SMILES string of the molecule is CC(C)COCCNCc1ccc(-n2cccn2)cc1. The average molecular weight is 273 g/mol. The molecule has 20 heavy (non-hydrogen) atoms. The van der Waals surface area contributed by atoms with Crippen molar-refractivity contribution in [2.24, 2.45) is 5.92 Å². The topological polar surface area (TPSA) is 39.1 Å². The number of aromatic nitrogens is 2. The summed E-state index contributed by atoms with van der Waals surface area (Å²) in [7, 11) is 0. The van der Waals surface area contributed by atoms with E-state index in [2.05, 4.69) is 48.5 Å². The van der Waals surface area contributed by atoms with Gasteiger partial charge in [-0.3, -0.25) is 0 Å². The van der Waals surface area contributed by atoms with Crippen LogP contribution in [0.4, 0.5) is 0 Å². The Morgan fingerprint density at radius 1 is 1.25 bits per heavy atom. The van der Waals surface area contributed by atoms with E-state index in [1.807, 2.05) is 16.9 Å². The molecule has 0 saturated carbocycles. The third-order valence-corrected chi connectivity index (χ3v) is 2.91. The highest BCUT2D eigenvalue weighted by atomic mass is 16.5. The van der Waals surface area contributed by atoms with Gasteiger partial charge in [-0.05, 0) is 29.7 Å². The van der Waals surface area contributed by atoms with Crippen molar-refractivity contribution in [2.45, 2.75) is 20.4 Å². The van der Waals surface area contributed by atoms with E-state index in [9.17, 15) is 0 Å². The zero-order valence-corrected chi connectivity index (χ0v) is 12.2. The summed E-state index contributed by atoms with van der Waals surface area (Å²) in [6.45, 7) is 7.67. The second-order valence-corrected chi connectivity index (χ2v) is 5.26. The van der Waals surface area contributed by atoms with Crippen LogP contribution in [0.1, 0.15) is 19.4 Å². The summed E-state index contributed by atoms with van der Waals surface area (Å²) < 4.78 is 7.39. The molecule has 1 aromatic carbocycles. The quantitative estimate of drug-likeness (QED) is 0.752. The van der Waals surface area contributed by atoms with Gasteiger partial charge in [0.1, 0.15) is 0 Å². The summed E-state index contributed by atoms with van der Waals surface area (Å²) in [6, 6.07) is 10.3. The van der Waals surface area contributed by atoms with Crippen molar-refractivity contribution < 1.29 is 4.74 Å². The van der Waals surface area contributed by atoms with Crippen LogP contribution in [0.3, 0.4) is 0 Å². The lowest BCUT2D eigenvalue weighted by atomic mass is 10.2. The molecule has 4 heteroatoms. The first-order chi connectivity index (χ1) is 9.75. The van der Waals surface area contributed by atoms with E-state index in [1.165, 1.54) is 5.56 Å². The molecular formula is C16H23N3O. The highest BCUT2D eigenvalue weighted by Crippen LogP contribution is 2.08. The predicted octanol–water partition coefficient (Wildman–Crippen LogP) is 2.63. The lowest BCUT2D eigenvalue weighted by Gasteiger charge is -2.08. The number of ether oxygens (including phenoxy) is 1. The molecule has 0 aliphatic carbocycles. The van der Waals surface area contributed by atoms with Gasteiger partial charge in [-0.25, -0.2) is 4.68 Å². The van der Waals surface area contributed by atoms with Crippen molar-refractivity contribution in [2.75, 3.05) is 19.8 Å². The minimum atomic E-state index is 0.602. The molecule has 0 radical (unpaired) electrons. The van der Waals surface area contributed by atoms with E-state index in [1.54, 1.807) is 6.20 Å². The van der Waals surface area contributed by atoms with Crippen molar-refractivity contribution >= 4 is 0 Å². The van der Waals surface area contributed by atoms with Crippen LogP contribution < -0.4 is 5.32 Å². The van der Waals surface area contributed by atoms with Crippen LogP contribution in [0, 0.1) is 5.92 Å². The standard InChI is InChI=1S/C16H23N3O/c1-14(2)13-20-11-9-17-12-15-4-6-16(7-5-15)19-10-3-8-18-19/h3-8,10,14,17H,9,11-13H2,1-2H3. The second kappa shape index (κ2) is 7.82. The molecule has 108 valence electrons. The Morgan fingerprint density at radius 2 is 2.05 bits per heavy atom. The fourth-order valence-electron chi connectivity index (χ4n) is 1.88. The maximum atomic E-state index is 5.53. The lowest BCUT2D eigenvalue weighted by Crippen LogP contribution is -2.20. The first-order valence-electron chi connectivity index (χ1n) is 7.13. The van der Waals surface area contributed by atoms with Crippen LogP contribution in [0.25, 0.3) is 5.69 Å². The Bertz CT molecular complexity index is 477. The van der Waals surface area contributed by atoms with Crippen LogP contribution in [-0.2, 0) is 11.3 Å². The van der Waals surface area contributed by atoms with Crippen molar-refractivity contribution in [1.29, 1.82) is 0 Å². The molecule has 4 nitrogen and oxygen atoms in total. The lowest BCUT2D eigenvalue weighted by molar-refractivity contribution is 0.111. The third kappa shape index (κ3) is 4.79. The zero-order chi connectivity index (χ0) is 14.2. The summed E-state index contributed by atoms with van der Waals surface area (Å²) in [4.78, 5) is 0. The maximum absolute atomic E-state index is 5.53. The largest absolute Gasteiger partial charge is 0.380 e. The molecule has 0 unspecified atom stereocenters. The molecule has 0 saturated heterocycles. The monoisotopic (exact) mass is 273 g/mol. The Morgan fingerprint density at radius 3 is 2.70 bits per heavy atom. The van der Waals surface area contributed by atoms with Gasteiger partial charge in [0.15, 0.2) is 0 Å². The van der Waals surface area contributed by atoms with Crippen molar-refractivity contribution in [3.63, 3.8) is 0 Å². The molecule has 2 aromatic rings. The van der Waals surface area contributed by atoms with E-state index in [4.69, 9.17) is 4.74 Å². The molecule has 0 atom stereocenters. The van der Waals surface area contributed by atoms with E-state index in [-0.39, 0.29) is 0 Å². The molecule has 2 rings (SSSR count). The van der Waals surface area contributed by atoms with E-state index >= 15 is 0 Å². The summed E-state index contributed by atoms with van der Waals surface area (Å²) >= 11 is 0. The van der Waals surface area contributed by atoms with Gasteiger partial charge in [-0.2, -0.15) is 5.10 Å². The van der Waals surface area contributed by atoms with Crippen LogP contribution in [0.2, 0.25) is 0 Å². The fourth-order valence-corrected chi connectivity index (χ4v) is 1.88. The van der Waals surface area contributed by atoms with Crippen LogP contribution in [0.15, 0.2) is 42.7 Å².